The van der Waals surface area contributed by atoms with Gasteiger partial charge in [-0.15, -0.1) is 0 Å². The minimum Gasteiger partial charge on any atom is -0.481 e. The van der Waals surface area contributed by atoms with E-state index < -0.39 is 12.1 Å². The highest BCUT2D eigenvalue weighted by Crippen LogP contribution is 1.98. The lowest BCUT2D eigenvalue weighted by atomic mass is 10.2. The summed E-state index contributed by atoms with van der Waals surface area (Å²) in [7, 11) is 1.67. The molecule has 0 fully saturated rings. The van der Waals surface area contributed by atoms with Gasteiger partial charge in [-0.3, -0.25) is 9.80 Å². The van der Waals surface area contributed by atoms with Crippen molar-refractivity contribution in [3.8, 4) is 0 Å². The van der Waals surface area contributed by atoms with Gasteiger partial charge in [0.05, 0.1) is 6.61 Å². The van der Waals surface area contributed by atoms with Gasteiger partial charge in [0.15, 0.2) is 0 Å². The Morgan fingerprint density at radius 1 is 1.26 bits per heavy atom. The van der Waals surface area contributed by atoms with E-state index in [2.05, 4.69) is 24.8 Å². The molecule has 0 saturated heterocycles. The molecule has 0 aromatic heterocycles. The third-order valence-corrected chi connectivity index (χ3v) is 1.86. The van der Waals surface area contributed by atoms with Crippen LogP contribution < -0.4 is 0 Å². The van der Waals surface area contributed by atoms with E-state index in [-0.39, 0.29) is 19.8 Å². The monoisotopic (exact) mass is 277 g/mol. The largest absolute Gasteiger partial charge is 0.511 e. The maximum Gasteiger partial charge on any atom is 0.511 e. The first kappa shape index (κ1) is 16.9. The van der Waals surface area contributed by atoms with Crippen LogP contribution in [-0.4, -0.2) is 49.2 Å². The number of nitrogens with zero attached hydrogens (tertiary/aromatic N) is 3. The predicted octanol–water partition coefficient (Wildman–Crippen LogP) is 1.60. The molecule has 0 aliphatic rings. The standard InChI is InChI=1S/C10H19N3O6/c1-3-17-10(16)18-8-19-12-11-13(2)7-5-4-6-9(14)15/h3-8H2,1-2H3,(H,14,15)/b12-11-. The van der Waals surface area contributed by atoms with Crippen molar-refractivity contribution in [2.75, 3.05) is 27.0 Å². The second kappa shape index (κ2) is 11.1. The fraction of sp³-hybridized carbons (Fsp3) is 0.800. The molecule has 0 unspecified atom stereocenters. The van der Waals surface area contributed by atoms with Crippen LogP contribution in [0.1, 0.15) is 26.2 Å². The van der Waals surface area contributed by atoms with Gasteiger partial charge >= 0.3 is 12.1 Å². The summed E-state index contributed by atoms with van der Waals surface area (Å²) in [6.45, 7) is 2.05. The third kappa shape index (κ3) is 12.2. The van der Waals surface area contributed by atoms with Crippen LogP contribution in [0.15, 0.2) is 10.5 Å². The smallest absolute Gasteiger partial charge is 0.481 e. The Kier molecular flexibility index (Phi) is 9.86. The van der Waals surface area contributed by atoms with Crippen LogP contribution in [0.25, 0.3) is 0 Å². The zero-order valence-corrected chi connectivity index (χ0v) is 11.1. The van der Waals surface area contributed by atoms with Crippen LogP contribution in [0.3, 0.4) is 0 Å². The van der Waals surface area contributed by atoms with Crippen LogP contribution in [0.4, 0.5) is 4.79 Å². The quantitative estimate of drug-likeness (QED) is 0.212. The van der Waals surface area contributed by atoms with E-state index in [1.54, 1.807) is 14.0 Å². The van der Waals surface area contributed by atoms with E-state index in [9.17, 15) is 9.59 Å². The normalized spacial score (nSPS) is 10.2. The van der Waals surface area contributed by atoms with Gasteiger partial charge < -0.3 is 19.4 Å². The highest BCUT2D eigenvalue weighted by Gasteiger charge is 2.01. The Hall–Kier alpha value is -2.06. The molecule has 9 heteroatoms. The molecule has 0 bridgehead atoms. The van der Waals surface area contributed by atoms with Gasteiger partial charge in [0.2, 0.25) is 0 Å². The maximum atomic E-state index is 10.7. The average Bonchev–Trinajstić information content (AvgIpc) is 2.34. The molecule has 0 rings (SSSR count). The number of carboxylic acids is 1. The number of rotatable bonds is 10. The van der Waals surface area contributed by atoms with Gasteiger partial charge in [0, 0.05) is 25.3 Å². The van der Waals surface area contributed by atoms with Crippen molar-refractivity contribution in [3.05, 3.63) is 0 Å². The zero-order chi connectivity index (χ0) is 14.5. The second-order valence-corrected chi connectivity index (χ2v) is 3.48. The molecular weight excluding hydrogens is 258 g/mol. The maximum absolute atomic E-state index is 10.7. The van der Waals surface area contributed by atoms with Gasteiger partial charge in [-0.2, -0.15) is 0 Å². The number of unbranched alkanes of at least 4 members (excludes halogenated alkanes) is 1. The van der Waals surface area contributed by atoms with E-state index in [1.807, 2.05) is 0 Å². The van der Waals surface area contributed by atoms with Crippen LogP contribution >= 0.6 is 0 Å². The molecule has 110 valence electrons. The molecule has 0 aliphatic heterocycles. The summed E-state index contributed by atoms with van der Waals surface area (Å²) in [4.78, 5) is 25.5. The molecule has 0 aromatic carbocycles. The van der Waals surface area contributed by atoms with Crippen LogP contribution in [-0.2, 0) is 19.1 Å². The molecule has 0 spiro atoms. The number of ether oxygens (including phenoxy) is 2. The number of hydrogen-bond donors (Lipinski definition) is 1. The van der Waals surface area contributed by atoms with E-state index >= 15 is 0 Å². The lowest BCUT2D eigenvalue weighted by Gasteiger charge is -2.09. The second-order valence-electron chi connectivity index (χ2n) is 3.48. The van der Waals surface area contributed by atoms with Gasteiger partial charge in [-0.1, -0.05) is 0 Å². The first-order valence-electron chi connectivity index (χ1n) is 5.81. The number of carbonyl (C=O) groups is 2. The average molecular weight is 277 g/mol. The highest BCUT2D eigenvalue weighted by atomic mass is 16.8. The Bertz CT molecular complexity index is 297. The van der Waals surface area contributed by atoms with Crippen molar-refractivity contribution < 1.29 is 29.0 Å². The first-order valence-corrected chi connectivity index (χ1v) is 5.81. The Morgan fingerprint density at radius 3 is 2.63 bits per heavy atom. The Labute approximate surface area is 111 Å². The van der Waals surface area contributed by atoms with Gasteiger partial charge in [-0.25, -0.2) is 4.79 Å². The van der Waals surface area contributed by atoms with Crippen LogP contribution in [0, 0.1) is 0 Å². The molecule has 0 radical (unpaired) electrons. The third-order valence-electron chi connectivity index (χ3n) is 1.86. The molecule has 0 heterocycles. The fourth-order valence-electron chi connectivity index (χ4n) is 1.01. The van der Waals surface area contributed by atoms with E-state index in [1.165, 1.54) is 5.01 Å². The van der Waals surface area contributed by atoms with E-state index in [0.717, 1.165) is 0 Å². The molecule has 19 heavy (non-hydrogen) atoms. The van der Waals surface area contributed by atoms with Crippen LogP contribution in [0.5, 0.6) is 0 Å². The number of carbonyl (C=O) groups excluding carboxylic acids is 1. The summed E-state index contributed by atoms with van der Waals surface area (Å²) in [5.74, 6) is -0.816. The highest BCUT2D eigenvalue weighted by molar-refractivity contribution is 5.66. The van der Waals surface area contributed by atoms with E-state index in [4.69, 9.17) is 5.11 Å². The lowest BCUT2D eigenvalue weighted by Crippen LogP contribution is -2.13. The molecule has 0 aromatic rings. The lowest BCUT2D eigenvalue weighted by molar-refractivity contribution is -0.137. The summed E-state index contributed by atoms with van der Waals surface area (Å²) in [6.07, 6.45) is 0.553. The SMILES string of the molecule is CCOC(=O)OCO/N=N\N(C)CCCCC(=O)O. The number of hydrogen-bond acceptors (Lipinski definition) is 7. The summed E-state index contributed by atoms with van der Waals surface area (Å²) in [5, 5.41) is 16.9. The molecule has 0 aliphatic carbocycles. The van der Waals surface area contributed by atoms with Crippen molar-refractivity contribution in [1.82, 2.24) is 5.01 Å². The molecule has 0 atom stereocenters. The summed E-state index contributed by atoms with van der Waals surface area (Å²) >= 11 is 0. The van der Waals surface area contributed by atoms with Crippen molar-refractivity contribution in [2.45, 2.75) is 26.2 Å². The van der Waals surface area contributed by atoms with Gasteiger partial charge in [0.1, 0.15) is 0 Å². The summed E-state index contributed by atoms with van der Waals surface area (Å²) in [6, 6.07) is 0. The van der Waals surface area contributed by atoms with Crippen molar-refractivity contribution in [3.63, 3.8) is 0 Å². The molecular formula is C10H19N3O6. The molecule has 0 saturated carbocycles. The van der Waals surface area contributed by atoms with Gasteiger partial charge in [0.25, 0.3) is 6.79 Å². The van der Waals surface area contributed by atoms with Crippen LogP contribution in [0.2, 0.25) is 0 Å². The molecule has 9 nitrogen and oxygen atoms in total. The fourth-order valence-corrected chi connectivity index (χ4v) is 1.01. The predicted molar refractivity (Wildman–Crippen MR) is 63.0 cm³/mol. The Morgan fingerprint density at radius 2 is 2.00 bits per heavy atom. The minimum atomic E-state index is -0.834. The molecule has 0 amide bonds. The first-order chi connectivity index (χ1) is 9.06. The van der Waals surface area contributed by atoms with Crippen molar-refractivity contribution in [2.24, 2.45) is 10.5 Å². The summed E-state index contributed by atoms with van der Waals surface area (Å²) in [5.41, 5.74) is 0. The topological polar surface area (TPSA) is 110 Å². The number of carboxylic acid groups (broad SMARTS) is 1. The zero-order valence-electron chi connectivity index (χ0n) is 11.1. The minimum absolute atomic E-state index is 0.134. The summed E-state index contributed by atoms with van der Waals surface area (Å²) < 4.78 is 8.95. The Balaban J connectivity index is 3.48. The molecule has 1 N–H and O–H groups in total. The van der Waals surface area contributed by atoms with Crippen molar-refractivity contribution in [1.29, 1.82) is 0 Å². The van der Waals surface area contributed by atoms with E-state index in [0.29, 0.717) is 19.4 Å². The van der Waals surface area contributed by atoms with Gasteiger partial charge in [-0.05, 0) is 25.0 Å². The van der Waals surface area contributed by atoms with Crippen molar-refractivity contribution >= 4 is 12.1 Å². The number of aliphatic carboxylic acids is 1.